The zero-order chi connectivity index (χ0) is 22.3. The zero-order valence-corrected chi connectivity index (χ0v) is 22.5. The number of guanidine groups is 1. The molecule has 2 N–H and O–H groups in total. The molecule has 0 saturated carbocycles. The topological polar surface area (TPSA) is 48.9 Å². The van der Waals surface area contributed by atoms with Crippen molar-refractivity contribution in [3.8, 4) is 0 Å². The summed E-state index contributed by atoms with van der Waals surface area (Å²) >= 11 is 0. The summed E-state index contributed by atoms with van der Waals surface area (Å²) in [6, 6.07) is 19.1. The Kier molecular flexibility index (Phi) is 15.0. The fourth-order valence-corrected chi connectivity index (χ4v) is 3.56. The molecule has 0 amide bonds. The van der Waals surface area contributed by atoms with Gasteiger partial charge in [-0.15, -0.1) is 24.0 Å². The summed E-state index contributed by atoms with van der Waals surface area (Å²) in [5.74, 6) is 0.843. The molecule has 0 aliphatic carbocycles. The SMILES string of the molecule is CCN(CC)CCCC(C)NC(=NC)NCc1ccccc1COCc1ccccc1.I. The first-order valence-corrected chi connectivity index (χ1v) is 11.5. The van der Waals surface area contributed by atoms with Crippen molar-refractivity contribution in [2.75, 3.05) is 26.7 Å². The highest BCUT2D eigenvalue weighted by Crippen LogP contribution is 2.12. The molecular weight excluding hydrogens is 511 g/mol. The van der Waals surface area contributed by atoms with Gasteiger partial charge in [-0.25, -0.2) is 0 Å². The van der Waals surface area contributed by atoms with E-state index in [1.54, 1.807) is 0 Å². The average Bonchev–Trinajstić information content (AvgIpc) is 2.81. The third-order valence-corrected chi connectivity index (χ3v) is 5.55. The molecule has 2 rings (SSSR count). The van der Waals surface area contributed by atoms with Crippen LogP contribution in [0.25, 0.3) is 0 Å². The van der Waals surface area contributed by atoms with Gasteiger partial charge in [-0.1, -0.05) is 68.4 Å². The fraction of sp³-hybridized carbons (Fsp3) is 0.500. The van der Waals surface area contributed by atoms with Crippen LogP contribution in [-0.2, 0) is 24.5 Å². The Balaban J connectivity index is 0.00000512. The van der Waals surface area contributed by atoms with Crippen LogP contribution in [0, 0.1) is 0 Å². The molecule has 0 saturated heterocycles. The Labute approximate surface area is 212 Å². The first kappa shape index (κ1) is 28.4. The van der Waals surface area contributed by atoms with E-state index >= 15 is 0 Å². The van der Waals surface area contributed by atoms with Crippen molar-refractivity contribution in [3.05, 3.63) is 71.3 Å². The Bertz CT molecular complexity index is 765. The molecular formula is C26H41IN4O. The van der Waals surface area contributed by atoms with Crippen LogP contribution in [0.3, 0.4) is 0 Å². The van der Waals surface area contributed by atoms with Gasteiger partial charge in [0.1, 0.15) is 0 Å². The molecule has 0 aromatic heterocycles. The molecule has 178 valence electrons. The van der Waals surface area contributed by atoms with Crippen LogP contribution in [0.15, 0.2) is 59.6 Å². The maximum atomic E-state index is 5.95. The lowest BCUT2D eigenvalue weighted by molar-refractivity contribution is 0.106. The minimum absolute atomic E-state index is 0. The number of rotatable bonds is 13. The first-order chi connectivity index (χ1) is 15.2. The molecule has 0 spiro atoms. The van der Waals surface area contributed by atoms with Gasteiger partial charge in [0.2, 0.25) is 0 Å². The molecule has 0 radical (unpaired) electrons. The highest BCUT2D eigenvalue weighted by molar-refractivity contribution is 14.0. The second kappa shape index (κ2) is 16.9. The molecule has 0 fully saturated rings. The van der Waals surface area contributed by atoms with Crippen molar-refractivity contribution in [1.29, 1.82) is 0 Å². The molecule has 0 heterocycles. The van der Waals surface area contributed by atoms with Crippen molar-refractivity contribution >= 4 is 29.9 Å². The highest BCUT2D eigenvalue weighted by atomic mass is 127. The Hall–Kier alpha value is -1.64. The van der Waals surface area contributed by atoms with Gasteiger partial charge in [0.05, 0.1) is 13.2 Å². The first-order valence-electron chi connectivity index (χ1n) is 11.5. The summed E-state index contributed by atoms with van der Waals surface area (Å²) in [7, 11) is 1.83. The maximum Gasteiger partial charge on any atom is 0.191 e. The largest absolute Gasteiger partial charge is 0.372 e. The van der Waals surface area contributed by atoms with Gasteiger partial charge in [0.15, 0.2) is 5.96 Å². The summed E-state index contributed by atoms with van der Waals surface area (Å²) in [6.07, 6.45) is 2.32. The maximum absolute atomic E-state index is 5.95. The normalized spacial score (nSPS) is 12.3. The van der Waals surface area contributed by atoms with Crippen LogP contribution >= 0.6 is 24.0 Å². The lowest BCUT2D eigenvalue weighted by atomic mass is 10.1. The van der Waals surface area contributed by atoms with E-state index < -0.39 is 0 Å². The van der Waals surface area contributed by atoms with Crippen LogP contribution in [0.4, 0.5) is 0 Å². The Morgan fingerprint density at radius 2 is 1.62 bits per heavy atom. The van der Waals surface area contributed by atoms with Gasteiger partial charge in [-0.05, 0) is 56.1 Å². The van der Waals surface area contributed by atoms with E-state index in [2.05, 4.69) is 77.7 Å². The summed E-state index contributed by atoms with van der Waals surface area (Å²) in [5.41, 5.74) is 3.62. The van der Waals surface area contributed by atoms with E-state index in [4.69, 9.17) is 4.74 Å². The zero-order valence-electron chi connectivity index (χ0n) is 20.1. The lowest BCUT2D eigenvalue weighted by Gasteiger charge is -2.21. The lowest BCUT2D eigenvalue weighted by Crippen LogP contribution is -2.42. The summed E-state index contributed by atoms with van der Waals surface area (Å²) in [6.45, 7) is 12.0. The minimum atomic E-state index is 0. The van der Waals surface area contributed by atoms with Crippen LogP contribution < -0.4 is 10.6 Å². The van der Waals surface area contributed by atoms with E-state index in [9.17, 15) is 0 Å². The third kappa shape index (κ3) is 10.8. The molecule has 6 heteroatoms. The van der Waals surface area contributed by atoms with E-state index in [1.807, 2.05) is 25.2 Å². The van der Waals surface area contributed by atoms with Gasteiger partial charge >= 0.3 is 0 Å². The molecule has 1 unspecified atom stereocenters. The smallest absolute Gasteiger partial charge is 0.191 e. The number of nitrogens with one attached hydrogen (secondary N) is 2. The molecule has 5 nitrogen and oxygen atoms in total. The number of hydrogen-bond donors (Lipinski definition) is 2. The summed E-state index contributed by atoms with van der Waals surface area (Å²) in [4.78, 5) is 6.87. The van der Waals surface area contributed by atoms with Crippen molar-refractivity contribution < 1.29 is 4.74 Å². The quantitative estimate of drug-likeness (QED) is 0.204. The van der Waals surface area contributed by atoms with Crippen LogP contribution in [0.5, 0.6) is 0 Å². The standard InChI is InChI=1S/C26H40N4O.HI/c1-5-30(6-2)18-12-13-22(3)29-26(27-4)28-19-24-16-10-11-17-25(24)21-31-20-23-14-8-7-9-15-23;/h7-11,14-17,22H,5-6,12-13,18-21H2,1-4H3,(H2,27,28,29);1H. The average molecular weight is 553 g/mol. The molecule has 2 aromatic carbocycles. The Morgan fingerprint density at radius 3 is 2.28 bits per heavy atom. The number of benzene rings is 2. The number of aliphatic imine (C=N–C) groups is 1. The number of nitrogens with zero attached hydrogens (tertiary/aromatic N) is 2. The number of ether oxygens (including phenoxy) is 1. The molecule has 32 heavy (non-hydrogen) atoms. The fourth-order valence-electron chi connectivity index (χ4n) is 3.56. The minimum Gasteiger partial charge on any atom is -0.372 e. The van der Waals surface area contributed by atoms with E-state index in [0.717, 1.165) is 38.6 Å². The molecule has 0 bridgehead atoms. The third-order valence-electron chi connectivity index (χ3n) is 5.55. The summed E-state index contributed by atoms with van der Waals surface area (Å²) < 4.78 is 5.95. The predicted octanol–water partition coefficient (Wildman–Crippen LogP) is 5.20. The monoisotopic (exact) mass is 552 g/mol. The van der Waals surface area contributed by atoms with E-state index in [-0.39, 0.29) is 24.0 Å². The van der Waals surface area contributed by atoms with Crippen molar-refractivity contribution in [2.24, 2.45) is 4.99 Å². The molecule has 2 aromatic rings. The molecule has 0 aliphatic rings. The second-order valence-corrected chi connectivity index (χ2v) is 7.89. The van der Waals surface area contributed by atoms with E-state index in [1.165, 1.54) is 23.1 Å². The number of halogens is 1. The summed E-state index contributed by atoms with van der Waals surface area (Å²) in [5, 5.41) is 6.98. The Morgan fingerprint density at radius 1 is 0.969 bits per heavy atom. The molecule has 0 aliphatic heterocycles. The van der Waals surface area contributed by atoms with Gasteiger partial charge < -0.3 is 20.3 Å². The van der Waals surface area contributed by atoms with Crippen LogP contribution in [-0.4, -0.2) is 43.6 Å². The van der Waals surface area contributed by atoms with Gasteiger partial charge in [0, 0.05) is 19.6 Å². The highest BCUT2D eigenvalue weighted by Gasteiger charge is 2.08. The van der Waals surface area contributed by atoms with E-state index in [0.29, 0.717) is 19.3 Å². The van der Waals surface area contributed by atoms with Crippen molar-refractivity contribution in [2.45, 2.75) is 59.4 Å². The van der Waals surface area contributed by atoms with Crippen LogP contribution in [0.2, 0.25) is 0 Å². The van der Waals surface area contributed by atoms with Gasteiger partial charge in [0.25, 0.3) is 0 Å². The van der Waals surface area contributed by atoms with Crippen molar-refractivity contribution in [3.63, 3.8) is 0 Å². The number of hydrogen-bond acceptors (Lipinski definition) is 3. The second-order valence-electron chi connectivity index (χ2n) is 7.89. The van der Waals surface area contributed by atoms with Crippen molar-refractivity contribution in [1.82, 2.24) is 15.5 Å². The van der Waals surface area contributed by atoms with Gasteiger partial charge in [-0.2, -0.15) is 0 Å². The van der Waals surface area contributed by atoms with Gasteiger partial charge in [-0.3, -0.25) is 4.99 Å². The molecule has 1 atom stereocenters. The predicted molar refractivity (Wildman–Crippen MR) is 147 cm³/mol. The van der Waals surface area contributed by atoms with Crippen LogP contribution in [0.1, 0.15) is 50.3 Å².